The van der Waals surface area contributed by atoms with Crippen molar-refractivity contribution < 1.29 is 4.79 Å². The number of nitrogens with one attached hydrogen (secondary N) is 1. The molecule has 0 aliphatic heterocycles. The van der Waals surface area contributed by atoms with Gasteiger partial charge in [0.05, 0.1) is 6.04 Å². The summed E-state index contributed by atoms with van der Waals surface area (Å²) in [5.41, 5.74) is 6.46. The predicted molar refractivity (Wildman–Crippen MR) is 73.5 cm³/mol. The van der Waals surface area contributed by atoms with Gasteiger partial charge in [0.1, 0.15) is 0 Å². The van der Waals surface area contributed by atoms with Gasteiger partial charge in [0, 0.05) is 17.5 Å². The van der Waals surface area contributed by atoms with Crippen molar-refractivity contribution in [2.45, 2.75) is 19.9 Å². The number of hydrogen-bond acceptors (Lipinski definition) is 2. The van der Waals surface area contributed by atoms with Crippen LogP contribution in [-0.4, -0.2) is 12.5 Å². The molecule has 17 heavy (non-hydrogen) atoms. The average molecular weight is 277 g/mol. The minimum Gasteiger partial charge on any atom is -0.349 e. The molecule has 0 radical (unpaired) electrons. The molecule has 1 aromatic carbocycles. The van der Waals surface area contributed by atoms with Gasteiger partial charge in [0.15, 0.2) is 0 Å². The molecule has 1 aromatic rings. The Bertz CT molecular complexity index is 354. The Balaban J connectivity index is 0.00000256. The Labute approximate surface area is 113 Å². The summed E-state index contributed by atoms with van der Waals surface area (Å²) in [6.07, 6.45) is 0. The third-order valence-electron chi connectivity index (χ3n) is 2.53. The van der Waals surface area contributed by atoms with E-state index in [0.29, 0.717) is 11.6 Å². The van der Waals surface area contributed by atoms with Crippen molar-refractivity contribution in [1.29, 1.82) is 0 Å². The van der Waals surface area contributed by atoms with Gasteiger partial charge in [-0.25, -0.2) is 0 Å². The second-order valence-electron chi connectivity index (χ2n) is 3.92. The van der Waals surface area contributed by atoms with Gasteiger partial charge in [-0.15, -0.1) is 12.4 Å². The largest absolute Gasteiger partial charge is 0.349 e. The quantitative estimate of drug-likeness (QED) is 0.888. The standard InChI is InChI=1S/C12H17ClN2O.ClH/c1-8(7-14)12(16)15-9(2)10-3-5-11(13)6-4-10;/h3-6,8-9H,7,14H2,1-2H3,(H,15,16);1H. The molecule has 0 aliphatic carbocycles. The average Bonchev–Trinajstić information content (AvgIpc) is 2.28. The minimum absolute atomic E-state index is 0. The lowest BCUT2D eigenvalue weighted by Gasteiger charge is -2.17. The maximum atomic E-state index is 11.6. The van der Waals surface area contributed by atoms with Crippen LogP contribution >= 0.6 is 24.0 Å². The van der Waals surface area contributed by atoms with E-state index in [4.69, 9.17) is 17.3 Å². The van der Waals surface area contributed by atoms with Crippen LogP contribution in [0.3, 0.4) is 0 Å². The van der Waals surface area contributed by atoms with Crippen molar-refractivity contribution >= 4 is 29.9 Å². The molecule has 0 aromatic heterocycles. The molecule has 0 saturated heterocycles. The normalized spacial score (nSPS) is 13.4. The van der Waals surface area contributed by atoms with Gasteiger partial charge in [-0.2, -0.15) is 0 Å². The number of carbonyl (C=O) groups is 1. The van der Waals surface area contributed by atoms with Gasteiger partial charge in [-0.05, 0) is 24.6 Å². The highest BCUT2D eigenvalue weighted by molar-refractivity contribution is 6.30. The molecule has 2 unspecified atom stereocenters. The SMILES string of the molecule is CC(CN)C(=O)NC(C)c1ccc(Cl)cc1.Cl. The monoisotopic (exact) mass is 276 g/mol. The second-order valence-corrected chi connectivity index (χ2v) is 4.36. The number of benzene rings is 1. The summed E-state index contributed by atoms with van der Waals surface area (Å²) in [6, 6.07) is 7.40. The van der Waals surface area contributed by atoms with Crippen LogP contribution in [0, 0.1) is 5.92 Å². The van der Waals surface area contributed by atoms with E-state index in [1.54, 1.807) is 0 Å². The smallest absolute Gasteiger partial charge is 0.224 e. The number of nitrogens with two attached hydrogens (primary N) is 1. The topological polar surface area (TPSA) is 55.1 Å². The van der Waals surface area contributed by atoms with E-state index >= 15 is 0 Å². The summed E-state index contributed by atoms with van der Waals surface area (Å²) in [5.74, 6) is -0.181. The molecular weight excluding hydrogens is 259 g/mol. The highest BCUT2D eigenvalue weighted by Crippen LogP contribution is 2.16. The van der Waals surface area contributed by atoms with Crippen LogP contribution in [0.4, 0.5) is 0 Å². The molecule has 0 fully saturated rings. The summed E-state index contributed by atoms with van der Waals surface area (Å²) >= 11 is 5.79. The van der Waals surface area contributed by atoms with Gasteiger partial charge in [-0.1, -0.05) is 30.7 Å². The Morgan fingerprint density at radius 1 is 1.35 bits per heavy atom. The van der Waals surface area contributed by atoms with E-state index in [1.807, 2.05) is 38.1 Å². The predicted octanol–water partition coefficient (Wildman–Crippen LogP) is 2.53. The maximum absolute atomic E-state index is 11.6. The lowest BCUT2D eigenvalue weighted by atomic mass is 10.1. The summed E-state index contributed by atoms with van der Waals surface area (Å²) in [4.78, 5) is 11.6. The number of halogens is 2. The van der Waals surface area contributed by atoms with Crippen molar-refractivity contribution in [2.75, 3.05) is 6.54 Å². The molecule has 96 valence electrons. The molecule has 0 heterocycles. The van der Waals surface area contributed by atoms with E-state index < -0.39 is 0 Å². The van der Waals surface area contributed by atoms with Crippen LogP contribution in [0.2, 0.25) is 5.02 Å². The summed E-state index contributed by atoms with van der Waals surface area (Å²) in [5, 5.41) is 3.60. The molecular formula is C12H18Cl2N2O. The maximum Gasteiger partial charge on any atom is 0.224 e. The minimum atomic E-state index is -0.158. The first-order chi connectivity index (χ1) is 7.54. The van der Waals surface area contributed by atoms with Gasteiger partial charge < -0.3 is 11.1 Å². The fraction of sp³-hybridized carbons (Fsp3) is 0.417. The third kappa shape index (κ3) is 4.94. The summed E-state index contributed by atoms with van der Waals surface area (Å²) in [6.45, 7) is 4.10. The Morgan fingerprint density at radius 2 is 1.88 bits per heavy atom. The molecule has 3 N–H and O–H groups in total. The van der Waals surface area contributed by atoms with Crippen molar-refractivity contribution in [2.24, 2.45) is 11.7 Å². The Kier molecular flexibility index (Phi) is 7.19. The second kappa shape index (κ2) is 7.54. The van der Waals surface area contributed by atoms with E-state index in [9.17, 15) is 4.79 Å². The van der Waals surface area contributed by atoms with Gasteiger partial charge in [0.25, 0.3) is 0 Å². The molecule has 0 bridgehead atoms. The van der Waals surface area contributed by atoms with E-state index in [0.717, 1.165) is 5.56 Å². The molecule has 1 rings (SSSR count). The zero-order valence-electron chi connectivity index (χ0n) is 9.94. The number of carbonyl (C=O) groups excluding carboxylic acids is 1. The molecule has 0 spiro atoms. The van der Waals surface area contributed by atoms with Crippen LogP contribution in [0.5, 0.6) is 0 Å². The van der Waals surface area contributed by atoms with Crippen LogP contribution in [-0.2, 0) is 4.79 Å². The zero-order valence-corrected chi connectivity index (χ0v) is 11.5. The molecule has 0 saturated carbocycles. The Morgan fingerprint density at radius 3 is 2.35 bits per heavy atom. The van der Waals surface area contributed by atoms with Crippen molar-refractivity contribution in [3.05, 3.63) is 34.9 Å². The van der Waals surface area contributed by atoms with E-state index in [1.165, 1.54) is 0 Å². The van der Waals surface area contributed by atoms with Gasteiger partial charge in [0.2, 0.25) is 5.91 Å². The number of rotatable bonds is 4. The van der Waals surface area contributed by atoms with Crippen molar-refractivity contribution in [1.82, 2.24) is 5.32 Å². The van der Waals surface area contributed by atoms with Gasteiger partial charge in [-0.3, -0.25) is 4.79 Å². The molecule has 2 atom stereocenters. The fourth-order valence-electron chi connectivity index (χ4n) is 1.30. The first-order valence-corrected chi connectivity index (χ1v) is 5.68. The third-order valence-corrected chi connectivity index (χ3v) is 2.78. The lowest BCUT2D eigenvalue weighted by Crippen LogP contribution is -2.34. The first kappa shape index (κ1) is 16.2. The van der Waals surface area contributed by atoms with Crippen LogP contribution in [0.15, 0.2) is 24.3 Å². The summed E-state index contributed by atoms with van der Waals surface area (Å²) < 4.78 is 0. The van der Waals surface area contributed by atoms with Crippen LogP contribution in [0.1, 0.15) is 25.5 Å². The summed E-state index contributed by atoms with van der Waals surface area (Å²) in [7, 11) is 0. The lowest BCUT2D eigenvalue weighted by molar-refractivity contribution is -0.124. The molecule has 5 heteroatoms. The van der Waals surface area contributed by atoms with Crippen LogP contribution < -0.4 is 11.1 Å². The van der Waals surface area contributed by atoms with Gasteiger partial charge >= 0.3 is 0 Å². The van der Waals surface area contributed by atoms with E-state index in [2.05, 4.69) is 5.32 Å². The van der Waals surface area contributed by atoms with Crippen molar-refractivity contribution in [3.8, 4) is 0 Å². The number of amides is 1. The molecule has 0 aliphatic rings. The van der Waals surface area contributed by atoms with E-state index in [-0.39, 0.29) is 30.3 Å². The molecule has 1 amide bonds. The van der Waals surface area contributed by atoms with Crippen LogP contribution in [0.25, 0.3) is 0 Å². The molecule has 3 nitrogen and oxygen atoms in total. The highest BCUT2D eigenvalue weighted by Gasteiger charge is 2.14. The first-order valence-electron chi connectivity index (χ1n) is 5.30. The zero-order chi connectivity index (χ0) is 12.1. The fourth-order valence-corrected chi connectivity index (χ4v) is 1.42. The highest BCUT2D eigenvalue weighted by atomic mass is 35.5. The van der Waals surface area contributed by atoms with Crippen molar-refractivity contribution in [3.63, 3.8) is 0 Å². The number of hydrogen-bond donors (Lipinski definition) is 2. The Hall–Kier alpha value is -0.770.